The quantitative estimate of drug-likeness (QED) is 0.733. The van der Waals surface area contributed by atoms with Crippen LogP contribution >= 0.6 is 11.3 Å². The van der Waals surface area contributed by atoms with Crippen LogP contribution in [0.2, 0.25) is 0 Å². The van der Waals surface area contributed by atoms with Crippen LogP contribution < -0.4 is 11.1 Å². The molecule has 1 amide bonds. The van der Waals surface area contributed by atoms with Crippen molar-refractivity contribution < 1.29 is 14.7 Å². The first-order valence-corrected chi connectivity index (χ1v) is 7.61. The molecular formula is C15H17N3O3S. The van der Waals surface area contributed by atoms with Crippen molar-refractivity contribution in [2.75, 3.05) is 5.73 Å². The Morgan fingerprint density at radius 1 is 1.27 bits per heavy atom. The summed E-state index contributed by atoms with van der Waals surface area (Å²) in [6.07, 6.45) is 0. The fourth-order valence-corrected chi connectivity index (χ4v) is 2.61. The third-order valence-corrected chi connectivity index (χ3v) is 3.97. The van der Waals surface area contributed by atoms with E-state index >= 15 is 0 Å². The first-order valence-electron chi connectivity index (χ1n) is 6.73. The van der Waals surface area contributed by atoms with Gasteiger partial charge < -0.3 is 16.2 Å². The first kappa shape index (κ1) is 16.0. The minimum atomic E-state index is -1.06. The molecule has 0 radical (unpaired) electrons. The third-order valence-electron chi connectivity index (χ3n) is 3.12. The Balaban J connectivity index is 2.15. The summed E-state index contributed by atoms with van der Waals surface area (Å²) in [5, 5.41) is 13.6. The zero-order valence-corrected chi connectivity index (χ0v) is 13.1. The van der Waals surface area contributed by atoms with Gasteiger partial charge in [0.15, 0.2) is 5.01 Å². The molecule has 0 spiro atoms. The van der Waals surface area contributed by atoms with Crippen molar-refractivity contribution in [2.45, 2.75) is 19.9 Å². The molecule has 1 aromatic heterocycles. The van der Waals surface area contributed by atoms with Gasteiger partial charge in [0, 0.05) is 16.6 Å². The summed E-state index contributed by atoms with van der Waals surface area (Å²) in [6.45, 7) is 3.47. The number of thiazole rings is 1. The smallest absolute Gasteiger partial charge is 0.326 e. The fraction of sp³-hybridized carbons (Fsp3) is 0.267. The van der Waals surface area contributed by atoms with Gasteiger partial charge >= 0.3 is 5.97 Å². The molecule has 22 heavy (non-hydrogen) atoms. The fourth-order valence-electron chi connectivity index (χ4n) is 1.88. The molecule has 0 aliphatic heterocycles. The van der Waals surface area contributed by atoms with Gasteiger partial charge in [-0.15, -0.1) is 11.3 Å². The third kappa shape index (κ3) is 3.62. The number of nitrogens with two attached hydrogens (primary N) is 1. The van der Waals surface area contributed by atoms with Crippen LogP contribution in [0, 0.1) is 5.92 Å². The van der Waals surface area contributed by atoms with E-state index in [0.717, 1.165) is 5.56 Å². The largest absolute Gasteiger partial charge is 0.480 e. The van der Waals surface area contributed by atoms with Gasteiger partial charge in [-0.05, 0) is 18.1 Å². The lowest BCUT2D eigenvalue weighted by Crippen LogP contribution is -2.44. The van der Waals surface area contributed by atoms with Crippen LogP contribution in [0.25, 0.3) is 11.3 Å². The summed E-state index contributed by atoms with van der Waals surface area (Å²) < 4.78 is 0. The number of nitrogen functional groups attached to an aromatic ring is 1. The van der Waals surface area contributed by atoms with Crippen molar-refractivity contribution in [1.82, 2.24) is 10.3 Å². The number of rotatable bonds is 5. The van der Waals surface area contributed by atoms with Gasteiger partial charge in [-0.3, -0.25) is 4.79 Å². The number of carbonyl (C=O) groups excluding carboxylic acids is 1. The summed E-state index contributed by atoms with van der Waals surface area (Å²) >= 11 is 1.17. The molecule has 1 unspecified atom stereocenters. The molecule has 2 aromatic rings. The first-order chi connectivity index (χ1) is 10.4. The van der Waals surface area contributed by atoms with E-state index in [1.807, 2.05) is 12.1 Å². The highest BCUT2D eigenvalue weighted by atomic mass is 32.1. The highest BCUT2D eigenvalue weighted by Crippen LogP contribution is 2.23. The lowest BCUT2D eigenvalue weighted by Gasteiger charge is -2.16. The Labute approximate surface area is 132 Å². The molecule has 0 aliphatic carbocycles. The van der Waals surface area contributed by atoms with E-state index in [2.05, 4.69) is 10.3 Å². The van der Waals surface area contributed by atoms with Gasteiger partial charge in [0.05, 0.1) is 5.69 Å². The van der Waals surface area contributed by atoms with Crippen LogP contribution in [0.15, 0.2) is 29.6 Å². The van der Waals surface area contributed by atoms with Crippen LogP contribution in [0.3, 0.4) is 0 Å². The minimum absolute atomic E-state index is 0.210. The second kappa shape index (κ2) is 6.57. The number of carboxylic acid groups (broad SMARTS) is 1. The molecule has 1 atom stereocenters. The number of nitrogens with one attached hydrogen (secondary N) is 1. The molecule has 0 fully saturated rings. The van der Waals surface area contributed by atoms with Crippen LogP contribution in [-0.2, 0) is 4.79 Å². The number of hydrogen-bond donors (Lipinski definition) is 3. The number of amides is 1. The molecule has 1 aromatic carbocycles. The van der Waals surface area contributed by atoms with Gasteiger partial charge in [-0.2, -0.15) is 0 Å². The summed E-state index contributed by atoms with van der Waals surface area (Å²) in [5.74, 6) is -1.75. The molecular weight excluding hydrogens is 302 g/mol. The summed E-state index contributed by atoms with van der Waals surface area (Å²) in [5.41, 5.74) is 7.79. The topological polar surface area (TPSA) is 105 Å². The van der Waals surface area contributed by atoms with Gasteiger partial charge in [0.2, 0.25) is 0 Å². The van der Waals surface area contributed by atoms with Crippen molar-refractivity contribution >= 4 is 28.9 Å². The molecule has 0 bridgehead atoms. The maximum Gasteiger partial charge on any atom is 0.326 e. The maximum absolute atomic E-state index is 12.1. The van der Waals surface area contributed by atoms with Gasteiger partial charge in [0.1, 0.15) is 6.04 Å². The van der Waals surface area contributed by atoms with Gasteiger partial charge in [0.25, 0.3) is 5.91 Å². The monoisotopic (exact) mass is 319 g/mol. The van der Waals surface area contributed by atoms with Crippen molar-refractivity contribution in [3.05, 3.63) is 34.7 Å². The van der Waals surface area contributed by atoms with Crippen LogP contribution in [-0.4, -0.2) is 28.0 Å². The second-order valence-electron chi connectivity index (χ2n) is 5.19. The van der Waals surface area contributed by atoms with Gasteiger partial charge in [-0.1, -0.05) is 26.0 Å². The lowest BCUT2D eigenvalue weighted by atomic mass is 10.1. The molecule has 7 heteroatoms. The molecule has 2 rings (SSSR count). The van der Waals surface area contributed by atoms with E-state index in [4.69, 9.17) is 10.8 Å². The van der Waals surface area contributed by atoms with Crippen molar-refractivity contribution in [3.8, 4) is 11.3 Å². The number of benzene rings is 1. The summed E-state index contributed by atoms with van der Waals surface area (Å²) in [4.78, 5) is 27.5. The molecule has 0 aliphatic rings. The van der Waals surface area contributed by atoms with E-state index in [1.54, 1.807) is 31.4 Å². The molecule has 6 nitrogen and oxygen atoms in total. The van der Waals surface area contributed by atoms with Crippen molar-refractivity contribution in [2.24, 2.45) is 5.92 Å². The highest BCUT2D eigenvalue weighted by Gasteiger charge is 2.25. The van der Waals surface area contributed by atoms with Crippen LogP contribution in [0.5, 0.6) is 0 Å². The number of carbonyl (C=O) groups is 2. The number of hydrogen-bond acceptors (Lipinski definition) is 5. The number of anilines is 1. The lowest BCUT2D eigenvalue weighted by molar-refractivity contribution is -0.140. The Morgan fingerprint density at radius 2 is 1.91 bits per heavy atom. The maximum atomic E-state index is 12.1. The summed E-state index contributed by atoms with van der Waals surface area (Å²) in [6, 6.07) is 6.22. The van der Waals surface area contributed by atoms with Crippen molar-refractivity contribution in [1.29, 1.82) is 0 Å². The Bertz CT molecular complexity index is 680. The Kier molecular flexibility index (Phi) is 4.77. The molecule has 1 heterocycles. The van der Waals surface area contributed by atoms with E-state index in [-0.39, 0.29) is 10.9 Å². The van der Waals surface area contributed by atoms with E-state index in [0.29, 0.717) is 11.4 Å². The number of carboxylic acids is 1. The predicted octanol–water partition coefficient (Wildman–Crippen LogP) is 2.23. The van der Waals surface area contributed by atoms with Gasteiger partial charge in [-0.25, -0.2) is 9.78 Å². The Hall–Kier alpha value is -2.41. The summed E-state index contributed by atoms with van der Waals surface area (Å²) in [7, 11) is 0. The van der Waals surface area contributed by atoms with E-state index in [1.165, 1.54) is 11.3 Å². The molecule has 0 saturated heterocycles. The number of aromatic nitrogens is 1. The average molecular weight is 319 g/mol. The zero-order chi connectivity index (χ0) is 16.3. The number of aliphatic carboxylic acids is 1. The van der Waals surface area contributed by atoms with Crippen LogP contribution in [0.4, 0.5) is 5.69 Å². The molecule has 0 saturated carbocycles. The molecule has 4 N–H and O–H groups in total. The molecule has 116 valence electrons. The minimum Gasteiger partial charge on any atom is -0.480 e. The second-order valence-corrected chi connectivity index (χ2v) is 6.05. The van der Waals surface area contributed by atoms with Crippen molar-refractivity contribution in [3.63, 3.8) is 0 Å². The van der Waals surface area contributed by atoms with E-state index in [9.17, 15) is 9.59 Å². The van der Waals surface area contributed by atoms with Crippen LogP contribution in [0.1, 0.15) is 23.6 Å². The zero-order valence-electron chi connectivity index (χ0n) is 12.2. The number of nitrogens with zero attached hydrogens (tertiary/aromatic N) is 1. The standard InChI is InChI=1S/C15H17N3O3S/c1-8(2)12(15(20)21)18-13(19)14-17-11(7-22-14)9-3-5-10(16)6-4-9/h3-8,12H,16H2,1-2H3,(H,18,19)(H,20,21). The predicted molar refractivity (Wildman–Crippen MR) is 85.7 cm³/mol. The highest BCUT2D eigenvalue weighted by molar-refractivity contribution is 7.12. The Morgan fingerprint density at radius 3 is 2.45 bits per heavy atom. The SMILES string of the molecule is CC(C)C(NC(=O)c1nc(-c2ccc(N)cc2)cs1)C(=O)O. The van der Waals surface area contributed by atoms with E-state index < -0.39 is 17.9 Å². The normalized spacial score (nSPS) is 12.1. The average Bonchev–Trinajstić information content (AvgIpc) is 2.94.